The molecule has 0 radical (unpaired) electrons. The van der Waals surface area contributed by atoms with E-state index in [0.29, 0.717) is 40.6 Å². The van der Waals surface area contributed by atoms with Crippen molar-refractivity contribution >= 4 is 45.9 Å². The largest absolute Gasteiger partial charge is 0.369 e. The van der Waals surface area contributed by atoms with Gasteiger partial charge in [0, 0.05) is 29.0 Å². The van der Waals surface area contributed by atoms with E-state index in [-0.39, 0.29) is 17.7 Å². The highest BCUT2D eigenvalue weighted by Gasteiger charge is 2.32. The van der Waals surface area contributed by atoms with E-state index in [1.165, 1.54) is 0 Å². The summed E-state index contributed by atoms with van der Waals surface area (Å²) in [5.74, 6) is -0.887. The maximum Gasteiger partial charge on any atom is 0.271 e. The van der Waals surface area contributed by atoms with Crippen molar-refractivity contribution in [3.05, 3.63) is 33.9 Å². The highest BCUT2D eigenvalue weighted by molar-refractivity contribution is 6.39. The van der Waals surface area contributed by atoms with E-state index in [1.54, 1.807) is 23.1 Å². The Hall–Kier alpha value is -1.72. The Morgan fingerprint density at radius 3 is 2.76 bits per heavy atom. The monoisotopic (exact) mass is 325 g/mol. The van der Waals surface area contributed by atoms with E-state index in [9.17, 15) is 9.59 Å². The first-order chi connectivity index (χ1) is 9.97. The molecule has 21 heavy (non-hydrogen) atoms. The van der Waals surface area contributed by atoms with Crippen LogP contribution in [-0.4, -0.2) is 34.8 Å². The second-order valence-corrected chi connectivity index (χ2v) is 5.96. The molecule has 5 nitrogen and oxygen atoms in total. The number of hydrogen-bond donors (Lipinski definition) is 2. The number of likely N-dealkylation sites (tertiary alicyclic amines) is 1. The summed E-state index contributed by atoms with van der Waals surface area (Å²) < 4.78 is 0. The minimum atomic E-state index is -0.375. The molecule has 3 N–H and O–H groups in total. The normalized spacial score (nSPS) is 18.4. The third-order valence-electron chi connectivity index (χ3n) is 3.79. The van der Waals surface area contributed by atoms with Gasteiger partial charge in [-0.05, 0) is 24.6 Å². The van der Waals surface area contributed by atoms with Gasteiger partial charge in [-0.1, -0.05) is 23.2 Å². The number of H-pyrrole nitrogens is 1. The molecule has 0 aliphatic carbocycles. The number of benzene rings is 1. The Morgan fingerprint density at radius 1 is 1.33 bits per heavy atom. The minimum absolute atomic E-state index is 0.226. The zero-order valence-corrected chi connectivity index (χ0v) is 12.5. The minimum Gasteiger partial charge on any atom is -0.369 e. The highest BCUT2D eigenvalue weighted by Crippen LogP contribution is 2.31. The summed E-state index contributed by atoms with van der Waals surface area (Å²) in [5.41, 5.74) is 6.35. The van der Waals surface area contributed by atoms with E-state index in [2.05, 4.69) is 4.98 Å². The van der Waals surface area contributed by atoms with Crippen molar-refractivity contribution in [2.24, 2.45) is 11.7 Å². The van der Waals surface area contributed by atoms with Crippen LogP contribution in [0.5, 0.6) is 0 Å². The molecule has 1 aliphatic heterocycles. The molecule has 0 spiro atoms. The van der Waals surface area contributed by atoms with Gasteiger partial charge in [-0.25, -0.2) is 0 Å². The van der Waals surface area contributed by atoms with Crippen molar-refractivity contribution in [1.82, 2.24) is 9.88 Å². The second-order valence-electron chi connectivity index (χ2n) is 5.14. The van der Waals surface area contributed by atoms with E-state index >= 15 is 0 Å². The lowest BCUT2D eigenvalue weighted by Crippen LogP contribution is -2.32. The van der Waals surface area contributed by atoms with E-state index in [0.717, 1.165) is 5.52 Å². The summed E-state index contributed by atoms with van der Waals surface area (Å²) in [6.45, 7) is 0.833. The van der Waals surface area contributed by atoms with Crippen molar-refractivity contribution < 1.29 is 9.59 Å². The molecule has 1 saturated heterocycles. The molecule has 0 bridgehead atoms. The molecular formula is C14H13Cl2N3O2. The Labute approximate surface area is 131 Å². The molecule has 1 atom stereocenters. The van der Waals surface area contributed by atoms with Crippen molar-refractivity contribution in [2.45, 2.75) is 6.42 Å². The van der Waals surface area contributed by atoms with Gasteiger partial charge in [-0.15, -0.1) is 0 Å². The molecule has 1 aromatic heterocycles. The van der Waals surface area contributed by atoms with E-state index in [4.69, 9.17) is 28.9 Å². The number of amides is 2. The van der Waals surface area contributed by atoms with Crippen LogP contribution in [0.15, 0.2) is 18.2 Å². The van der Waals surface area contributed by atoms with E-state index < -0.39 is 0 Å². The molecule has 0 unspecified atom stereocenters. The molecule has 1 aliphatic rings. The summed E-state index contributed by atoms with van der Waals surface area (Å²) >= 11 is 12.2. The summed E-state index contributed by atoms with van der Waals surface area (Å²) in [6.07, 6.45) is 0.588. The van der Waals surface area contributed by atoms with Gasteiger partial charge in [-0.2, -0.15) is 0 Å². The number of nitrogens with two attached hydrogens (primary N) is 1. The van der Waals surface area contributed by atoms with Crippen molar-refractivity contribution in [3.63, 3.8) is 0 Å². The summed E-state index contributed by atoms with van der Waals surface area (Å²) in [4.78, 5) is 28.3. The fraction of sp³-hybridized carbons (Fsp3) is 0.286. The first-order valence-corrected chi connectivity index (χ1v) is 7.28. The number of nitrogens with zero attached hydrogens (tertiary/aromatic N) is 1. The van der Waals surface area contributed by atoms with Gasteiger partial charge in [0.25, 0.3) is 5.91 Å². The van der Waals surface area contributed by atoms with Crippen LogP contribution in [0.1, 0.15) is 16.9 Å². The first kappa shape index (κ1) is 14.2. The number of aromatic amines is 1. The number of nitrogens with one attached hydrogen (secondary N) is 1. The number of hydrogen-bond acceptors (Lipinski definition) is 2. The van der Waals surface area contributed by atoms with Crippen molar-refractivity contribution in [3.8, 4) is 0 Å². The molecule has 7 heteroatoms. The third-order valence-corrected chi connectivity index (χ3v) is 4.42. The lowest BCUT2D eigenvalue weighted by atomic mass is 10.1. The number of halogens is 2. The molecule has 2 amide bonds. The number of fused-ring (bicyclic) bond motifs is 1. The zero-order valence-electron chi connectivity index (χ0n) is 11.0. The van der Waals surface area contributed by atoms with Gasteiger partial charge in [0.05, 0.1) is 10.9 Å². The van der Waals surface area contributed by atoms with Gasteiger partial charge in [0.1, 0.15) is 5.69 Å². The Balaban J connectivity index is 1.92. The van der Waals surface area contributed by atoms with Crippen LogP contribution in [0.4, 0.5) is 0 Å². The Bertz CT molecular complexity index is 741. The third kappa shape index (κ3) is 2.47. The molecule has 1 fully saturated rings. The average Bonchev–Trinajstić information content (AvgIpc) is 3.04. The van der Waals surface area contributed by atoms with E-state index in [1.807, 2.05) is 0 Å². The smallest absolute Gasteiger partial charge is 0.271 e. The molecule has 2 aromatic rings. The van der Waals surface area contributed by atoms with Crippen LogP contribution in [0, 0.1) is 5.92 Å². The number of carbonyl (C=O) groups excluding carboxylic acids is 2. The predicted octanol–water partition coefficient (Wildman–Crippen LogP) is 2.42. The standard InChI is InChI=1S/C14H13Cl2N3O2/c15-8-1-2-10-9(5-8)11(16)12(18-10)14(21)19-4-3-7(6-19)13(17)20/h1-2,5,7,18H,3-4,6H2,(H2,17,20)/t7-/m1/s1. The second kappa shape index (κ2) is 5.24. The van der Waals surface area contributed by atoms with Crippen molar-refractivity contribution in [1.29, 1.82) is 0 Å². The number of aromatic nitrogens is 1. The summed E-state index contributed by atoms with van der Waals surface area (Å²) in [5, 5.41) is 1.61. The SMILES string of the molecule is NC(=O)[C@@H]1CCN(C(=O)c2[nH]c3ccc(Cl)cc3c2Cl)C1. The van der Waals surface area contributed by atoms with Crippen LogP contribution in [0.25, 0.3) is 10.9 Å². The van der Waals surface area contributed by atoms with Gasteiger partial charge in [-0.3, -0.25) is 9.59 Å². The Kier molecular flexibility index (Phi) is 3.55. The fourth-order valence-corrected chi connectivity index (χ4v) is 3.07. The Morgan fingerprint density at radius 2 is 2.10 bits per heavy atom. The zero-order chi connectivity index (χ0) is 15.1. The fourth-order valence-electron chi connectivity index (χ4n) is 2.61. The van der Waals surface area contributed by atoms with Crippen LogP contribution in [0.3, 0.4) is 0 Å². The van der Waals surface area contributed by atoms with Gasteiger partial charge in [0.2, 0.25) is 5.91 Å². The molecule has 0 saturated carbocycles. The summed E-state index contributed by atoms with van der Waals surface area (Å²) in [6, 6.07) is 5.21. The van der Waals surface area contributed by atoms with Gasteiger partial charge in [0.15, 0.2) is 0 Å². The lowest BCUT2D eigenvalue weighted by Gasteiger charge is -2.15. The lowest BCUT2D eigenvalue weighted by molar-refractivity contribution is -0.121. The first-order valence-electron chi connectivity index (χ1n) is 6.52. The molecular weight excluding hydrogens is 313 g/mol. The molecule has 110 valence electrons. The number of primary amides is 1. The topological polar surface area (TPSA) is 79.2 Å². The van der Waals surface area contributed by atoms with Crippen molar-refractivity contribution in [2.75, 3.05) is 13.1 Å². The highest BCUT2D eigenvalue weighted by atomic mass is 35.5. The van der Waals surface area contributed by atoms with Gasteiger partial charge < -0.3 is 15.6 Å². The molecule has 3 rings (SSSR count). The summed E-state index contributed by atoms with van der Waals surface area (Å²) in [7, 11) is 0. The number of rotatable bonds is 2. The van der Waals surface area contributed by atoms with Crippen LogP contribution in [-0.2, 0) is 4.79 Å². The van der Waals surface area contributed by atoms with Crippen LogP contribution < -0.4 is 5.73 Å². The number of carbonyl (C=O) groups is 2. The quantitative estimate of drug-likeness (QED) is 0.889. The van der Waals surface area contributed by atoms with Crippen LogP contribution >= 0.6 is 23.2 Å². The maximum atomic E-state index is 12.5. The molecule has 1 aromatic carbocycles. The maximum absolute atomic E-state index is 12.5. The predicted molar refractivity (Wildman–Crippen MR) is 81.5 cm³/mol. The van der Waals surface area contributed by atoms with Gasteiger partial charge >= 0.3 is 0 Å². The molecule has 2 heterocycles. The van der Waals surface area contributed by atoms with Crippen LogP contribution in [0.2, 0.25) is 10.0 Å². The average molecular weight is 326 g/mol.